The largest absolute Gasteiger partial charge is 0.325 e. The van der Waals surface area contributed by atoms with Crippen molar-refractivity contribution in [2.24, 2.45) is 7.05 Å². The van der Waals surface area contributed by atoms with Crippen LogP contribution in [-0.2, 0) is 16.6 Å². The van der Waals surface area contributed by atoms with Gasteiger partial charge in [0.1, 0.15) is 11.6 Å². The minimum atomic E-state index is -0.925. The highest BCUT2D eigenvalue weighted by atomic mass is 16.2. The zero-order chi connectivity index (χ0) is 19.9. The van der Waals surface area contributed by atoms with Crippen molar-refractivity contribution in [1.29, 1.82) is 0 Å². The summed E-state index contributed by atoms with van der Waals surface area (Å²) in [6.07, 6.45) is 4.98. The smallest absolute Gasteiger partial charge is 0.323 e. The average Bonchev–Trinajstić information content (AvgIpc) is 3.36. The molecule has 10 heteroatoms. The van der Waals surface area contributed by atoms with E-state index in [9.17, 15) is 14.4 Å². The van der Waals surface area contributed by atoms with Gasteiger partial charge in [0.2, 0.25) is 11.9 Å². The van der Waals surface area contributed by atoms with Crippen molar-refractivity contribution in [3.63, 3.8) is 0 Å². The van der Waals surface area contributed by atoms with E-state index in [1.54, 1.807) is 14.0 Å². The van der Waals surface area contributed by atoms with Crippen molar-refractivity contribution >= 4 is 23.8 Å². The van der Waals surface area contributed by atoms with Crippen molar-refractivity contribution in [1.82, 2.24) is 30.3 Å². The molecule has 0 aromatic carbocycles. The van der Waals surface area contributed by atoms with Gasteiger partial charge < -0.3 is 10.6 Å². The molecule has 3 heterocycles. The Balaban J connectivity index is 1.45. The summed E-state index contributed by atoms with van der Waals surface area (Å²) in [4.78, 5) is 43.5. The number of aryl methyl sites for hydroxylation is 1. The summed E-state index contributed by atoms with van der Waals surface area (Å²) in [5.41, 5.74) is -0.821. The Morgan fingerprint density at radius 2 is 1.93 bits per heavy atom. The molecule has 1 saturated carbocycles. The van der Waals surface area contributed by atoms with Crippen LogP contribution in [0.4, 0.5) is 10.7 Å². The molecule has 1 spiro atoms. The van der Waals surface area contributed by atoms with Gasteiger partial charge in [0, 0.05) is 13.0 Å². The molecule has 28 heavy (non-hydrogen) atoms. The van der Waals surface area contributed by atoms with Gasteiger partial charge in [0.15, 0.2) is 5.82 Å². The summed E-state index contributed by atoms with van der Waals surface area (Å²) in [5, 5.41) is 13.3. The highest BCUT2D eigenvalue weighted by molar-refractivity contribution is 6.11. The normalized spacial score (nSPS) is 23.3. The standard InChI is InChI=1S/C18H27N7O3/c1-11(25-15(27)18(22-17(25)28)7-3-4-8-18)14(26)21-16-20-13(23-24(16)2)12-5-9-19-10-6-12/h11-12,19H,3-10H2,1-2H3,(H,22,28)(H,20,21,23,26). The summed E-state index contributed by atoms with van der Waals surface area (Å²) in [7, 11) is 1.72. The van der Waals surface area contributed by atoms with Crippen LogP contribution < -0.4 is 16.0 Å². The number of rotatable bonds is 4. The molecular weight excluding hydrogens is 362 g/mol. The lowest BCUT2D eigenvalue weighted by atomic mass is 9.97. The molecule has 2 aliphatic heterocycles. The van der Waals surface area contributed by atoms with Crippen LogP contribution in [0.15, 0.2) is 0 Å². The third-order valence-corrected chi connectivity index (χ3v) is 6.14. The molecule has 3 fully saturated rings. The maximum absolute atomic E-state index is 12.8. The zero-order valence-electron chi connectivity index (χ0n) is 16.3. The second kappa shape index (κ2) is 7.16. The number of nitrogens with one attached hydrogen (secondary N) is 3. The van der Waals surface area contributed by atoms with Crippen LogP contribution in [0.25, 0.3) is 0 Å². The third kappa shape index (κ3) is 3.15. The number of anilines is 1. The number of carbonyl (C=O) groups excluding carboxylic acids is 3. The Morgan fingerprint density at radius 1 is 1.25 bits per heavy atom. The van der Waals surface area contributed by atoms with Crippen LogP contribution in [0.3, 0.4) is 0 Å². The van der Waals surface area contributed by atoms with Crippen LogP contribution in [-0.4, -0.2) is 62.2 Å². The first-order chi connectivity index (χ1) is 13.4. The Hall–Kier alpha value is -2.49. The lowest BCUT2D eigenvalue weighted by molar-refractivity contribution is -0.136. The fourth-order valence-corrected chi connectivity index (χ4v) is 4.41. The quantitative estimate of drug-likeness (QED) is 0.644. The summed E-state index contributed by atoms with van der Waals surface area (Å²) in [5.74, 6) is 0.556. The van der Waals surface area contributed by atoms with Crippen molar-refractivity contribution < 1.29 is 14.4 Å². The van der Waals surface area contributed by atoms with Crippen LogP contribution in [0, 0.1) is 0 Å². The molecule has 152 valence electrons. The van der Waals surface area contributed by atoms with E-state index in [0.29, 0.717) is 24.6 Å². The fraction of sp³-hybridized carbons (Fsp3) is 0.722. The fourth-order valence-electron chi connectivity index (χ4n) is 4.41. The Bertz CT molecular complexity index is 793. The first-order valence-corrected chi connectivity index (χ1v) is 9.99. The summed E-state index contributed by atoms with van der Waals surface area (Å²) < 4.78 is 1.53. The van der Waals surface area contributed by atoms with Gasteiger partial charge in [-0.15, -0.1) is 0 Å². The van der Waals surface area contributed by atoms with E-state index in [-0.39, 0.29) is 11.8 Å². The topological polar surface area (TPSA) is 121 Å². The average molecular weight is 389 g/mol. The summed E-state index contributed by atoms with van der Waals surface area (Å²) >= 11 is 0. The lowest BCUT2D eigenvalue weighted by Crippen LogP contribution is -2.48. The third-order valence-electron chi connectivity index (χ3n) is 6.14. The van der Waals surface area contributed by atoms with E-state index in [1.165, 1.54) is 4.68 Å². The Morgan fingerprint density at radius 3 is 2.61 bits per heavy atom. The van der Waals surface area contributed by atoms with E-state index < -0.39 is 23.5 Å². The first kappa shape index (κ1) is 18.9. The monoisotopic (exact) mass is 389 g/mol. The minimum Gasteiger partial charge on any atom is -0.323 e. The van der Waals surface area contributed by atoms with Crippen molar-refractivity contribution in [3.05, 3.63) is 5.82 Å². The molecule has 3 aliphatic rings. The number of urea groups is 1. The minimum absolute atomic E-state index is 0.267. The summed E-state index contributed by atoms with van der Waals surface area (Å²) in [6, 6.07) is -1.42. The van der Waals surface area contributed by atoms with Crippen molar-refractivity contribution in [2.45, 2.75) is 62.9 Å². The number of aromatic nitrogens is 3. The van der Waals surface area contributed by atoms with E-state index in [2.05, 4.69) is 26.0 Å². The van der Waals surface area contributed by atoms with Gasteiger partial charge in [-0.05, 0) is 45.7 Å². The van der Waals surface area contributed by atoms with Crippen molar-refractivity contribution in [3.8, 4) is 0 Å². The van der Waals surface area contributed by atoms with E-state index in [4.69, 9.17) is 0 Å². The SMILES string of the molecule is CC(C(=O)Nc1nc(C2CCNCC2)nn1C)N1C(=O)NC2(CCCC2)C1=O. The number of imide groups is 1. The summed E-state index contributed by atoms with van der Waals surface area (Å²) in [6.45, 7) is 3.41. The van der Waals surface area contributed by atoms with Gasteiger partial charge in [-0.25, -0.2) is 14.4 Å². The van der Waals surface area contributed by atoms with Gasteiger partial charge in [0.05, 0.1) is 0 Å². The molecule has 1 aliphatic carbocycles. The van der Waals surface area contributed by atoms with Gasteiger partial charge in [-0.3, -0.25) is 14.9 Å². The number of nitrogens with zero attached hydrogens (tertiary/aromatic N) is 4. The molecule has 3 N–H and O–H groups in total. The molecule has 4 rings (SSSR count). The molecule has 1 aromatic rings. The predicted molar refractivity (Wildman–Crippen MR) is 101 cm³/mol. The van der Waals surface area contributed by atoms with Gasteiger partial charge >= 0.3 is 6.03 Å². The number of amides is 4. The molecule has 4 amide bonds. The molecule has 1 unspecified atom stereocenters. The van der Waals surface area contributed by atoms with Gasteiger partial charge in [-0.2, -0.15) is 10.1 Å². The second-order valence-electron chi connectivity index (χ2n) is 8.00. The van der Waals surface area contributed by atoms with Gasteiger partial charge in [-0.1, -0.05) is 12.8 Å². The number of hydrogen-bond donors (Lipinski definition) is 3. The number of piperidine rings is 1. The van der Waals surface area contributed by atoms with Gasteiger partial charge in [0.25, 0.3) is 5.91 Å². The molecule has 10 nitrogen and oxygen atoms in total. The Labute approximate surface area is 163 Å². The molecule has 0 radical (unpaired) electrons. The second-order valence-corrected chi connectivity index (χ2v) is 8.00. The highest BCUT2D eigenvalue weighted by Crippen LogP contribution is 2.35. The van der Waals surface area contributed by atoms with Crippen LogP contribution in [0.2, 0.25) is 0 Å². The van der Waals surface area contributed by atoms with Crippen LogP contribution in [0.5, 0.6) is 0 Å². The molecule has 0 bridgehead atoms. The predicted octanol–water partition coefficient (Wildman–Crippen LogP) is 0.474. The maximum Gasteiger partial charge on any atom is 0.325 e. The van der Waals surface area contributed by atoms with E-state index in [0.717, 1.165) is 43.7 Å². The number of carbonyl (C=O) groups is 3. The van der Waals surface area contributed by atoms with Crippen LogP contribution in [0.1, 0.15) is 57.2 Å². The molecular formula is C18H27N7O3. The zero-order valence-corrected chi connectivity index (χ0v) is 16.3. The Kier molecular flexibility index (Phi) is 4.82. The number of hydrogen-bond acceptors (Lipinski definition) is 6. The molecule has 2 saturated heterocycles. The highest BCUT2D eigenvalue weighted by Gasteiger charge is 2.54. The van der Waals surface area contributed by atoms with E-state index >= 15 is 0 Å². The maximum atomic E-state index is 12.8. The van der Waals surface area contributed by atoms with Crippen LogP contribution >= 0.6 is 0 Å². The van der Waals surface area contributed by atoms with E-state index in [1.807, 2.05) is 0 Å². The van der Waals surface area contributed by atoms with Crippen molar-refractivity contribution in [2.75, 3.05) is 18.4 Å². The molecule has 1 atom stereocenters. The molecule has 1 aromatic heterocycles. The lowest BCUT2D eigenvalue weighted by Gasteiger charge is -2.23. The first-order valence-electron chi connectivity index (χ1n) is 9.99.